The first-order valence-electron chi connectivity index (χ1n) is 7.28. The number of carbonyl (C=O) groups is 3. The predicted molar refractivity (Wildman–Crippen MR) is 76.8 cm³/mol. The third-order valence-corrected chi connectivity index (χ3v) is 3.48. The zero-order valence-corrected chi connectivity index (χ0v) is 13.5. The van der Waals surface area contributed by atoms with E-state index in [9.17, 15) is 14.4 Å². The summed E-state index contributed by atoms with van der Waals surface area (Å²) in [6.07, 6.45) is -0.0678. The molecular formula is C15H25NO5. The molecular weight excluding hydrogens is 274 g/mol. The number of ether oxygens (including phenoxy) is 2. The van der Waals surface area contributed by atoms with Crippen LogP contribution in [0, 0.1) is 5.41 Å². The van der Waals surface area contributed by atoms with Gasteiger partial charge in [0.1, 0.15) is 11.0 Å². The number of ketones is 1. The highest BCUT2D eigenvalue weighted by Gasteiger charge is 2.44. The maximum absolute atomic E-state index is 12.2. The Morgan fingerprint density at radius 3 is 2.43 bits per heavy atom. The molecule has 1 unspecified atom stereocenters. The van der Waals surface area contributed by atoms with Crippen molar-refractivity contribution in [3.8, 4) is 0 Å². The molecule has 1 amide bonds. The number of carbonyl (C=O) groups excluding carboxylic acids is 3. The van der Waals surface area contributed by atoms with Gasteiger partial charge in [0.2, 0.25) is 0 Å². The largest absolute Gasteiger partial charge is 0.465 e. The molecule has 0 aromatic heterocycles. The van der Waals surface area contributed by atoms with E-state index in [1.54, 1.807) is 34.6 Å². The Bertz CT molecular complexity index is 426. The second-order valence-corrected chi connectivity index (χ2v) is 6.44. The van der Waals surface area contributed by atoms with E-state index in [1.807, 2.05) is 0 Å². The molecule has 0 aromatic rings. The van der Waals surface area contributed by atoms with E-state index in [1.165, 1.54) is 4.90 Å². The minimum Gasteiger partial charge on any atom is -0.465 e. The number of rotatable bonds is 2. The third-order valence-electron chi connectivity index (χ3n) is 3.48. The molecule has 0 spiro atoms. The van der Waals surface area contributed by atoms with Crippen molar-refractivity contribution in [2.75, 3.05) is 19.7 Å². The maximum Gasteiger partial charge on any atom is 0.410 e. The number of hydrogen-bond acceptors (Lipinski definition) is 5. The molecule has 0 N–H and O–H groups in total. The van der Waals surface area contributed by atoms with Gasteiger partial charge in [-0.05, 0) is 41.0 Å². The lowest BCUT2D eigenvalue weighted by Gasteiger charge is -2.27. The monoisotopic (exact) mass is 299 g/mol. The summed E-state index contributed by atoms with van der Waals surface area (Å²) in [5.74, 6) is -0.701. The van der Waals surface area contributed by atoms with Crippen molar-refractivity contribution >= 4 is 17.8 Å². The summed E-state index contributed by atoms with van der Waals surface area (Å²) < 4.78 is 10.3. The van der Waals surface area contributed by atoms with Crippen molar-refractivity contribution < 1.29 is 23.9 Å². The van der Waals surface area contributed by atoms with Gasteiger partial charge in [-0.15, -0.1) is 0 Å². The van der Waals surface area contributed by atoms with Gasteiger partial charge in [-0.3, -0.25) is 9.59 Å². The molecule has 0 aliphatic carbocycles. The van der Waals surface area contributed by atoms with Gasteiger partial charge in [-0.25, -0.2) is 4.79 Å². The third kappa shape index (κ3) is 4.44. The van der Waals surface area contributed by atoms with E-state index < -0.39 is 23.1 Å². The molecule has 0 bridgehead atoms. The van der Waals surface area contributed by atoms with E-state index in [0.717, 1.165) is 0 Å². The summed E-state index contributed by atoms with van der Waals surface area (Å²) in [5.41, 5.74) is -1.76. The first-order valence-corrected chi connectivity index (χ1v) is 7.28. The molecule has 1 aliphatic heterocycles. The number of likely N-dealkylation sites (tertiary alicyclic amines) is 1. The molecule has 1 atom stereocenters. The van der Waals surface area contributed by atoms with Crippen molar-refractivity contribution in [3.05, 3.63) is 0 Å². The molecule has 6 nitrogen and oxygen atoms in total. The normalized spacial score (nSPS) is 23.5. The smallest absolute Gasteiger partial charge is 0.410 e. The van der Waals surface area contributed by atoms with Crippen LogP contribution < -0.4 is 0 Å². The summed E-state index contributed by atoms with van der Waals surface area (Å²) in [6, 6.07) is 0. The lowest BCUT2D eigenvalue weighted by Crippen LogP contribution is -2.39. The van der Waals surface area contributed by atoms with E-state index in [2.05, 4.69) is 0 Å². The molecule has 1 aliphatic rings. The van der Waals surface area contributed by atoms with Gasteiger partial charge in [0.15, 0.2) is 5.78 Å². The van der Waals surface area contributed by atoms with Crippen LogP contribution in [0.4, 0.5) is 4.79 Å². The van der Waals surface area contributed by atoms with E-state index in [-0.39, 0.29) is 31.8 Å². The van der Waals surface area contributed by atoms with Gasteiger partial charge in [0, 0.05) is 19.5 Å². The number of esters is 1. The topological polar surface area (TPSA) is 72.9 Å². The summed E-state index contributed by atoms with van der Waals surface area (Å²) in [4.78, 5) is 37.8. The van der Waals surface area contributed by atoms with Gasteiger partial charge in [-0.1, -0.05) is 0 Å². The molecule has 6 heteroatoms. The number of nitrogens with zero attached hydrogens (tertiary/aromatic N) is 1. The molecule has 120 valence electrons. The van der Waals surface area contributed by atoms with E-state index in [4.69, 9.17) is 9.47 Å². The Labute approximate surface area is 125 Å². The zero-order valence-electron chi connectivity index (χ0n) is 13.5. The van der Waals surface area contributed by atoms with Gasteiger partial charge in [-0.2, -0.15) is 0 Å². The van der Waals surface area contributed by atoms with Crippen LogP contribution in [-0.4, -0.2) is 48.0 Å². The predicted octanol–water partition coefficient (Wildman–Crippen LogP) is 2.16. The van der Waals surface area contributed by atoms with E-state index >= 15 is 0 Å². The number of amides is 1. The highest BCUT2D eigenvalue weighted by atomic mass is 16.6. The van der Waals surface area contributed by atoms with Crippen LogP contribution in [0.2, 0.25) is 0 Å². The first-order chi connectivity index (χ1) is 9.60. The summed E-state index contributed by atoms with van der Waals surface area (Å²) in [6.45, 7) is 9.46. The molecule has 0 saturated carbocycles. The van der Waals surface area contributed by atoms with Crippen LogP contribution in [0.5, 0.6) is 0 Å². The van der Waals surface area contributed by atoms with Crippen molar-refractivity contribution in [1.82, 2.24) is 4.90 Å². The fourth-order valence-corrected chi connectivity index (χ4v) is 2.14. The Morgan fingerprint density at radius 1 is 1.29 bits per heavy atom. The lowest BCUT2D eigenvalue weighted by atomic mass is 9.82. The summed E-state index contributed by atoms with van der Waals surface area (Å²) in [7, 11) is 0. The van der Waals surface area contributed by atoms with Crippen molar-refractivity contribution in [3.63, 3.8) is 0 Å². The fraction of sp³-hybridized carbons (Fsp3) is 0.800. The van der Waals surface area contributed by atoms with Crippen LogP contribution in [-0.2, 0) is 19.1 Å². The van der Waals surface area contributed by atoms with Crippen LogP contribution in [0.15, 0.2) is 0 Å². The molecule has 0 aromatic carbocycles. The molecule has 21 heavy (non-hydrogen) atoms. The SMILES string of the molecule is CCOC(=O)C1(C)CCN(C(=O)OC(C)(C)C)CCC1=O. The quantitative estimate of drug-likeness (QED) is 0.577. The van der Waals surface area contributed by atoms with E-state index in [0.29, 0.717) is 6.54 Å². The van der Waals surface area contributed by atoms with Crippen molar-refractivity contribution in [2.45, 2.75) is 53.1 Å². The average Bonchev–Trinajstić information content (AvgIpc) is 2.49. The second-order valence-electron chi connectivity index (χ2n) is 6.44. The fourth-order valence-electron chi connectivity index (χ4n) is 2.14. The van der Waals surface area contributed by atoms with Crippen LogP contribution >= 0.6 is 0 Å². The Morgan fingerprint density at radius 2 is 1.90 bits per heavy atom. The molecule has 1 fully saturated rings. The Hall–Kier alpha value is -1.59. The minimum absolute atomic E-state index is 0.133. The standard InChI is InChI=1S/C15H25NO5/c1-6-20-12(18)15(5)8-10-16(9-7-11(15)17)13(19)21-14(2,3)4/h6-10H2,1-5H3. The molecule has 1 heterocycles. The van der Waals surface area contributed by atoms with Crippen molar-refractivity contribution in [1.29, 1.82) is 0 Å². The first kappa shape index (κ1) is 17.5. The molecule has 0 radical (unpaired) electrons. The Balaban J connectivity index is 2.78. The van der Waals surface area contributed by atoms with Crippen LogP contribution in [0.1, 0.15) is 47.5 Å². The summed E-state index contributed by atoms with van der Waals surface area (Å²) in [5, 5.41) is 0. The zero-order chi connectivity index (χ0) is 16.3. The van der Waals surface area contributed by atoms with Gasteiger partial charge < -0.3 is 14.4 Å². The lowest BCUT2D eigenvalue weighted by molar-refractivity contribution is -0.159. The number of hydrogen-bond donors (Lipinski definition) is 0. The minimum atomic E-state index is -1.17. The van der Waals surface area contributed by atoms with Crippen molar-refractivity contribution in [2.24, 2.45) is 5.41 Å². The maximum atomic E-state index is 12.2. The van der Waals surface area contributed by atoms with Gasteiger partial charge >= 0.3 is 12.1 Å². The average molecular weight is 299 g/mol. The highest BCUT2D eigenvalue weighted by molar-refractivity contribution is 6.03. The molecule has 1 saturated heterocycles. The highest BCUT2D eigenvalue weighted by Crippen LogP contribution is 2.30. The van der Waals surface area contributed by atoms with Gasteiger partial charge in [0.05, 0.1) is 6.61 Å². The Kier molecular flexibility index (Phi) is 5.36. The number of Topliss-reactive ketones (excluding diaryl/α,β-unsaturated/α-hetero) is 1. The van der Waals surface area contributed by atoms with Gasteiger partial charge in [0.25, 0.3) is 0 Å². The van der Waals surface area contributed by atoms with Crippen LogP contribution in [0.3, 0.4) is 0 Å². The van der Waals surface area contributed by atoms with Crippen LogP contribution in [0.25, 0.3) is 0 Å². The second kappa shape index (κ2) is 6.45. The summed E-state index contributed by atoms with van der Waals surface area (Å²) >= 11 is 0. The molecule has 1 rings (SSSR count).